The van der Waals surface area contributed by atoms with Crippen molar-refractivity contribution in [2.45, 2.75) is 32.1 Å². The van der Waals surface area contributed by atoms with Crippen LogP contribution in [0.5, 0.6) is 0 Å². The molecule has 0 amide bonds. The zero-order chi connectivity index (χ0) is 16.2. The molecule has 0 N–H and O–H groups in total. The summed E-state index contributed by atoms with van der Waals surface area (Å²) in [5, 5.41) is 0. The molecular weight excluding hydrogens is 286 g/mol. The molecule has 0 saturated carbocycles. The van der Waals surface area contributed by atoms with E-state index in [1.54, 1.807) is 17.7 Å². The van der Waals surface area contributed by atoms with Crippen molar-refractivity contribution in [3.05, 3.63) is 63.8 Å². The van der Waals surface area contributed by atoms with E-state index in [-0.39, 0.29) is 5.56 Å². The summed E-state index contributed by atoms with van der Waals surface area (Å²) in [5.41, 5.74) is 3.56. The van der Waals surface area contributed by atoms with Gasteiger partial charge in [0.1, 0.15) is 0 Å². The van der Waals surface area contributed by atoms with Crippen molar-refractivity contribution in [2.24, 2.45) is 7.05 Å². The van der Waals surface area contributed by atoms with Crippen LogP contribution in [-0.2, 0) is 13.5 Å². The van der Waals surface area contributed by atoms with E-state index >= 15 is 0 Å². The average Bonchev–Trinajstić information content (AvgIpc) is 2.56. The van der Waals surface area contributed by atoms with Gasteiger partial charge in [0.15, 0.2) is 0 Å². The fourth-order valence-corrected chi connectivity index (χ4v) is 3.32. The van der Waals surface area contributed by atoms with Crippen LogP contribution in [0.2, 0.25) is 0 Å². The van der Waals surface area contributed by atoms with Crippen molar-refractivity contribution in [3.63, 3.8) is 0 Å². The smallest absolute Gasteiger partial charge is 0.250 e. The SMILES string of the molecule is Cc1cccc(CCN2CCC(c3ccn(C)c(=O)c3)CC2)n1. The van der Waals surface area contributed by atoms with Gasteiger partial charge < -0.3 is 9.47 Å². The highest BCUT2D eigenvalue weighted by atomic mass is 16.1. The molecule has 2 aromatic rings. The molecule has 0 atom stereocenters. The Morgan fingerprint density at radius 2 is 2.00 bits per heavy atom. The molecular formula is C19H25N3O. The molecule has 0 aromatic carbocycles. The summed E-state index contributed by atoms with van der Waals surface area (Å²) < 4.78 is 1.63. The van der Waals surface area contributed by atoms with Crippen LogP contribution < -0.4 is 5.56 Å². The molecule has 1 aliphatic rings. The van der Waals surface area contributed by atoms with Gasteiger partial charge in [-0.25, -0.2) is 0 Å². The number of nitrogens with zero attached hydrogens (tertiary/aromatic N) is 3. The van der Waals surface area contributed by atoms with Crippen LogP contribution >= 0.6 is 0 Å². The lowest BCUT2D eigenvalue weighted by atomic mass is 9.90. The highest BCUT2D eigenvalue weighted by molar-refractivity contribution is 5.17. The molecule has 3 rings (SSSR count). The van der Waals surface area contributed by atoms with Crippen molar-refractivity contribution in [2.75, 3.05) is 19.6 Å². The first-order valence-corrected chi connectivity index (χ1v) is 8.43. The lowest BCUT2D eigenvalue weighted by Crippen LogP contribution is -2.34. The first-order valence-electron chi connectivity index (χ1n) is 8.43. The van der Waals surface area contributed by atoms with Gasteiger partial charge >= 0.3 is 0 Å². The van der Waals surface area contributed by atoms with Gasteiger partial charge in [0.2, 0.25) is 0 Å². The molecule has 0 spiro atoms. The predicted octanol–water partition coefficient (Wildman–Crippen LogP) is 2.51. The normalized spacial score (nSPS) is 16.6. The zero-order valence-electron chi connectivity index (χ0n) is 14.0. The summed E-state index contributed by atoms with van der Waals surface area (Å²) in [4.78, 5) is 18.9. The number of pyridine rings is 2. The Bertz CT molecular complexity index is 715. The van der Waals surface area contributed by atoms with Gasteiger partial charge in [0.05, 0.1) is 0 Å². The van der Waals surface area contributed by atoms with Gasteiger partial charge in [-0.2, -0.15) is 0 Å². The molecule has 1 aliphatic heterocycles. The number of aromatic nitrogens is 2. The molecule has 4 heteroatoms. The van der Waals surface area contributed by atoms with Crippen LogP contribution in [-0.4, -0.2) is 34.1 Å². The monoisotopic (exact) mass is 311 g/mol. The summed E-state index contributed by atoms with van der Waals surface area (Å²) in [6.07, 6.45) is 5.16. The second-order valence-corrected chi connectivity index (χ2v) is 6.55. The molecule has 0 radical (unpaired) electrons. The lowest BCUT2D eigenvalue weighted by Gasteiger charge is -2.32. The Kier molecular flexibility index (Phi) is 4.91. The van der Waals surface area contributed by atoms with Gasteiger partial charge in [-0.3, -0.25) is 9.78 Å². The molecule has 0 bridgehead atoms. The quantitative estimate of drug-likeness (QED) is 0.871. The number of hydrogen-bond acceptors (Lipinski definition) is 3. The lowest BCUT2D eigenvalue weighted by molar-refractivity contribution is 0.214. The van der Waals surface area contributed by atoms with Crippen molar-refractivity contribution in [1.29, 1.82) is 0 Å². The van der Waals surface area contributed by atoms with E-state index in [0.717, 1.165) is 44.6 Å². The van der Waals surface area contributed by atoms with E-state index in [1.807, 2.05) is 19.2 Å². The minimum atomic E-state index is 0.0930. The summed E-state index contributed by atoms with van der Waals surface area (Å²) in [5.74, 6) is 0.525. The standard InChI is InChI=1S/C19H25N3O/c1-15-4-3-5-18(20-15)9-13-22-11-7-16(8-12-22)17-6-10-21(2)19(23)14-17/h3-6,10,14,16H,7-9,11-13H2,1-2H3. The van der Waals surface area contributed by atoms with Gasteiger partial charge in [0, 0.05) is 43.7 Å². The van der Waals surface area contributed by atoms with E-state index in [0.29, 0.717) is 5.92 Å². The molecule has 0 aliphatic carbocycles. The third kappa shape index (κ3) is 4.08. The van der Waals surface area contributed by atoms with E-state index in [4.69, 9.17) is 0 Å². The maximum absolute atomic E-state index is 11.8. The Balaban J connectivity index is 1.52. The van der Waals surface area contributed by atoms with Gasteiger partial charge in [-0.1, -0.05) is 6.07 Å². The second-order valence-electron chi connectivity index (χ2n) is 6.55. The molecule has 2 aromatic heterocycles. The van der Waals surface area contributed by atoms with Crippen LogP contribution in [0.15, 0.2) is 41.3 Å². The Labute approximate surface area is 137 Å². The number of likely N-dealkylation sites (tertiary alicyclic amines) is 1. The number of piperidine rings is 1. The van der Waals surface area contributed by atoms with Crippen LogP contribution in [0.1, 0.15) is 35.7 Å². The van der Waals surface area contributed by atoms with Gasteiger partial charge in [0.25, 0.3) is 5.56 Å². The minimum absolute atomic E-state index is 0.0930. The van der Waals surface area contributed by atoms with Crippen molar-refractivity contribution in [1.82, 2.24) is 14.5 Å². The van der Waals surface area contributed by atoms with Crippen molar-refractivity contribution < 1.29 is 0 Å². The predicted molar refractivity (Wildman–Crippen MR) is 92.8 cm³/mol. The highest BCUT2D eigenvalue weighted by Crippen LogP contribution is 2.27. The van der Waals surface area contributed by atoms with E-state index in [1.165, 1.54) is 11.3 Å². The first-order chi connectivity index (χ1) is 11.1. The first kappa shape index (κ1) is 15.9. The van der Waals surface area contributed by atoms with Crippen LogP contribution in [0.25, 0.3) is 0 Å². The topological polar surface area (TPSA) is 38.1 Å². The summed E-state index contributed by atoms with van der Waals surface area (Å²) >= 11 is 0. The third-order valence-corrected chi connectivity index (χ3v) is 4.82. The molecule has 122 valence electrons. The number of aryl methyl sites for hydroxylation is 2. The minimum Gasteiger partial charge on any atom is -0.319 e. The largest absolute Gasteiger partial charge is 0.319 e. The molecule has 3 heterocycles. The molecule has 4 nitrogen and oxygen atoms in total. The zero-order valence-corrected chi connectivity index (χ0v) is 14.0. The molecule has 1 saturated heterocycles. The third-order valence-electron chi connectivity index (χ3n) is 4.82. The van der Waals surface area contributed by atoms with Crippen molar-refractivity contribution in [3.8, 4) is 0 Å². The van der Waals surface area contributed by atoms with Crippen LogP contribution in [0.3, 0.4) is 0 Å². The summed E-state index contributed by atoms with van der Waals surface area (Å²) in [6, 6.07) is 10.1. The van der Waals surface area contributed by atoms with E-state index in [9.17, 15) is 4.79 Å². The maximum atomic E-state index is 11.8. The molecule has 23 heavy (non-hydrogen) atoms. The Morgan fingerprint density at radius 1 is 1.22 bits per heavy atom. The Hall–Kier alpha value is -1.94. The second kappa shape index (κ2) is 7.09. The number of rotatable bonds is 4. The fourth-order valence-electron chi connectivity index (χ4n) is 3.32. The van der Waals surface area contributed by atoms with Crippen molar-refractivity contribution >= 4 is 0 Å². The average molecular weight is 311 g/mol. The van der Waals surface area contributed by atoms with Crippen LogP contribution in [0.4, 0.5) is 0 Å². The van der Waals surface area contributed by atoms with E-state index in [2.05, 4.69) is 28.1 Å². The number of hydrogen-bond donors (Lipinski definition) is 0. The Morgan fingerprint density at radius 3 is 2.70 bits per heavy atom. The van der Waals surface area contributed by atoms with Gasteiger partial charge in [-0.15, -0.1) is 0 Å². The van der Waals surface area contributed by atoms with Crippen LogP contribution in [0, 0.1) is 6.92 Å². The fraction of sp³-hybridized carbons (Fsp3) is 0.474. The highest BCUT2D eigenvalue weighted by Gasteiger charge is 2.20. The van der Waals surface area contributed by atoms with Gasteiger partial charge in [-0.05, 0) is 62.5 Å². The molecule has 1 fully saturated rings. The summed E-state index contributed by atoms with van der Waals surface area (Å²) in [7, 11) is 1.80. The molecule has 0 unspecified atom stereocenters. The maximum Gasteiger partial charge on any atom is 0.250 e. The summed E-state index contributed by atoms with van der Waals surface area (Å²) in [6.45, 7) is 5.32. The van der Waals surface area contributed by atoms with E-state index < -0.39 is 0 Å².